The van der Waals surface area contributed by atoms with Crippen molar-refractivity contribution in [2.45, 2.75) is 50.7 Å². The number of nitriles is 1. The first kappa shape index (κ1) is 33.7. The Morgan fingerprint density at radius 1 is 1.16 bits per heavy atom. The van der Waals surface area contributed by atoms with E-state index in [0.717, 1.165) is 48.2 Å². The minimum absolute atomic E-state index is 0.00300. The first-order chi connectivity index (χ1) is 20.9. The number of pyridine rings is 1. The number of amides is 1. The van der Waals surface area contributed by atoms with Crippen molar-refractivity contribution in [1.29, 1.82) is 5.26 Å². The van der Waals surface area contributed by atoms with Crippen molar-refractivity contribution in [3.8, 4) is 11.8 Å². The number of methoxy groups -OCH3 is 1. The highest BCUT2D eigenvalue weighted by Gasteiger charge is 2.30. The number of likely N-dealkylation sites (tertiary alicyclic amines) is 1. The third-order valence-electron chi connectivity index (χ3n) is 7.30. The van der Waals surface area contributed by atoms with Crippen LogP contribution in [-0.2, 0) is 25.7 Å². The van der Waals surface area contributed by atoms with Crippen molar-refractivity contribution >= 4 is 29.5 Å². The molecule has 0 saturated carbocycles. The second kappa shape index (κ2) is 15.1. The largest absolute Gasteiger partial charge is 0.495 e. The molecule has 2 aliphatic heterocycles. The van der Waals surface area contributed by atoms with E-state index in [2.05, 4.69) is 15.2 Å². The smallest absolute Gasteiger partial charge is 0.335 e. The number of piperidine rings is 1. The summed E-state index contributed by atoms with van der Waals surface area (Å²) in [6, 6.07) is 7.10. The number of fused-ring (bicyclic) bond motifs is 1. The fourth-order valence-electron chi connectivity index (χ4n) is 4.79. The summed E-state index contributed by atoms with van der Waals surface area (Å²) in [6.07, 6.45) is -2.38. The highest BCUT2D eigenvalue weighted by molar-refractivity contribution is 5.93. The van der Waals surface area contributed by atoms with Gasteiger partial charge in [0.2, 0.25) is 5.76 Å². The Morgan fingerprint density at radius 2 is 1.80 bits per heavy atom. The zero-order valence-electron chi connectivity index (χ0n) is 23.9. The number of benzene rings is 1. The highest BCUT2D eigenvalue weighted by atomic mass is 16.5. The molecular formula is C29H32N4O11. The number of rotatable bonds is 9. The van der Waals surface area contributed by atoms with Gasteiger partial charge in [0.25, 0.3) is 5.91 Å². The minimum Gasteiger partial charge on any atom is -0.495 e. The van der Waals surface area contributed by atoms with Crippen LogP contribution in [0.3, 0.4) is 0 Å². The quantitative estimate of drug-likeness (QED) is 0.201. The van der Waals surface area contributed by atoms with E-state index in [-0.39, 0.29) is 29.0 Å². The number of aliphatic carboxylic acids is 2. The Labute approximate surface area is 251 Å². The van der Waals surface area contributed by atoms with E-state index >= 15 is 0 Å². The summed E-state index contributed by atoms with van der Waals surface area (Å²) in [5, 5.41) is 55.5. The minimum atomic E-state index is -2.27. The second-order valence-corrected chi connectivity index (χ2v) is 10.0. The summed E-state index contributed by atoms with van der Waals surface area (Å²) in [7, 11) is 1.44. The van der Waals surface area contributed by atoms with Crippen LogP contribution in [0.1, 0.15) is 57.3 Å². The van der Waals surface area contributed by atoms with Crippen LogP contribution in [0.2, 0.25) is 0 Å². The molecule has 4 rings (SSSR count). The van der Waals surface area contributed by atoms with Gasteiger partial charge in [0.1, 0.15) is 29.7 Å². The molecule has 44 heavy (non-hydrogen) atoms. The van der Waals surface area contributed by atoms with Crippen LogP contribution in [-0.4, -0.2) is 104 Å². The molecule has 1 aromatic heterocycles. The highest BCUT2D eigenvalue weighted by Crippen LogP contribution is 2.34. The van der Waals surface area contributed by atoms with Gasteiger partial charge in [-0.15, -0.1) is 0 Å². The molecule has 15 heteroatoms. The predicted octanol–water partition coefficient (Wildman–Crippen LogP) is -0.222. The number of hydrogen-bond acceptors (Lipinski definition) is 12. The molecule has 1 amide bonds. The molecule has 0 aliphatic carbocycles. The lowest BCUT2D eigenvalue weighted by molar-refractivity contribution is -0.165. The topological polar surface area (TPSA) is 240 Å². The summed E-state index contributed by atoms with van der Waals surface area (Å²) in [6.45, 7) is 4.19. The van der Waals surface area contributed by atoms with Crippen molar-refractivity contribution < 1.29 is 54.2 Å². The molecular weight excluding hydrogens is 580 g/mol. The third kappa shape index (κ3) is 7.95. The van der Waals surface area contributed by atoms with E-state index in [1.807, 2.05) is 31.1 Å². The van der Waals surface area contributed by atoms with Crippen molar-refractivity contribution in [2.24, 2.45) is 0 Å². The number of carboxylic acids is 2. The first-order valence-electron chi connectivity index (χ1n) is 13.4. The molecule has 0 unspecified atom stereocenters. The maximum atomic E-state index is 12.6. The van der Waals surface area contributed by atoms with Crippen molar-refractivity contribution in [2.75, 3.05) is 26.7 Å². The van der Waals surface area contributed by atoms with Crippen molar-refractivity contribution in [1.82, 2.24) is 15.2 Å². The third-order valence-corrected chi connectivity index (χ3v) is 7.30. The lowest BCUT2D eigenvalue weighted by atomic mass is 9.94. The number of carbonyl (C=O) groups excluding carboxylic acids is 2. The summed E-state index contributed by atoms with van der Waals surface area (Å²) >= 11 is 0. The Kier molecular flexibility index (Phi) is 11.5. The number of carboxylic acid groups (broad SMARTS) is 2. The van der Waals surface area contributed by atoms with Gasteiger partial charge in [-0.1, -0.05) is 6.07 Å². The monoisotopic (exact) mass is 612 g/mol. The van der Waals surface area contributed by atoms with Gasteiger partial charge >= 0.3 is 11.9 Å². The van der Waals surface area contributed by atoms with E-state index in [9.17, 15) is 24.3 Å². The number of nitrogens with one attached hydrogen (secondary N) is 1. The van der Waals surface area contributed by atoms with Crippen LogP contribution in [0.5, 0.6) is 5.75 Å². The number of aliphatic hydroxyl groups is 3. The molecule has 6 N–H and O–H groups in total. The lowest BCUT2D eigenvalue weighted by Gasteiger charge is -2.33. The molecule has 1 aromatic carbocycles. The van der Waals surface area contributed by atoms with E-state index in [1.54, 1.807) is 0 Å². The number of carbonyl (C=O) groups is 3. The number of aromatic nitrogens is 1. The van der Waals surface area contributed by atoms with Gasteiger partial charge in [0.15, 0.2) is 18.1 Å². The molecule has 2 aliphatic rings. The average molecular weight is 613 g/mol. The molecule has 0 radical (unpaired) electrons. The van der Waals surface area contributed by atoms with Crippen LogP contribution in [0.25, 0.3) is 5.76 Å². The fourth-order valence-corrected chi connectivity index (χ4v) is 4.79. The van der Waals surface area contributed by atoms with Crippen LogP contribution in [0.4, 0.5) is 0 Å². The summed E-state index contributed by atoms with van der Waals surface area (Å²) < 4.78 is 10.5. The molecule has 0 bridgehead atoms. The van der Waals surface area contributed by atoms with E-state index in [1.165, 1.54) is 19.4 Å². The maximum absolute atomic E-state index is 12.6. The van der Waals surface area contributed by atoms with Gasteiger partial charge < -0.3 is 45.2 Å². The SMILES string of the molecule is COc1cc(C(=O)NC2CCN(C[C@H](O)c3ccc4c(c3C)COC4=C=O)CC2)ncc1C#N.O=C(O)[C@H](O)[C@@H](O)C(=O)O. The van der Waals surface area contributed by atoms with Gasteiger partial charge in [-0.25, -0.2) is 19.4 Å². The molecule has 3 heterocycles. The van der Waals surface area contributed by atoms with E-state index < -0.39 is 30.3 Å². The summed E-state index contributed by atoms with van der Waals surface area (Å²) in [5.41, 5.74) is 3.90. The summed E-state index contributed by atoms with van der Waals surface area (Å²) in [5.74, 6) is -1.48. The molecule has 15 nitrogen and oxygen atoms in total. The number of aliphatic hydroxyl groups excluding tert-OH is 3. The van der Waals surface area contributed by atoms with Crippen LogP contribution in [0, 0.1) is 18.3 Å². The Bertz CT molecular complexity index is 1470. The second-order valence-electron chi connectivity index (χ2n) is 10.0. The molecule has 0 spiro atoms. The first-order valence-corrected chi connectivity index (χ1v) is 13.4. The Balaban J connectivity index is 0.000000456. The summed E-state index contributed by atoms with van der Waals surface area (Å²) in [4.78, 5) is 49.4. The van der Waals surface area contributed by atoms with Crippen LogP contribution < -0.4 is 10.1 Å². The van der Waals surface area contributed by atoms with Gasteiger partial charge in [0, 0.05) is 49.1 Å². The number of β-amino-alcohol motifs (C(OH)–C–C–N with tert-alkyl or cyclic N) is 1. The number of hydrogen-bond donors (Lipinski definition) is 6. The zero-order chi connectivity index (χ0) is 32.6. The fraction of sp³-hybridized carbons (Fsp3) is 0.414. The maximum Gasteiger partial charge on any atom is 0.335 e. The molecule has 1 fully saturated rings. The normalized spacial score (nSPS) is 16.5. The van der Waals surface area contributed by atoms with Gasteiger partial charge in [-0.2, -0.15) is 5.26 Å². The zero-order valence-corrected chi connectivity index (χ0v) is 23.9. The van der Waals surface area contributed by atoms with E-state index in [4.69, 9.17) is 35.2 Å². The van der Waals surface area contributed by atoms with Crippen LogP contribution >= 0.6 is 0 Å². The van der Waals surface area contributed by atoms with Gasteiger partial charge in [-0.05, 0) is 37.0 Å². The molecule has 3 atom stereocenters. The number of nitrogens with zero attached hydrogens (tertiary/aromatic N) is 3. The Morgan fingerprint density at radius 3 is 2.34 bits per heavy atom. The number of ether oxygens (including phenoxy) is 2. The van der Waals surface area contributed by atoms with E-state index in [0.29, 0.717) is 18.9 Å². The standard InChI is InChI=1S/C25H26N4O5.C4H6O6/c1-15-18(3-4-19-20(15)14-34-24(19)13-30)22(31)12-29-7-5-17(6-8-29)28-25(32)21-9-23(33-2)16(10-26)11-27-21;5-1(3(7)8)2(6)4(9)10/h3-4,9,11,17,22,31H,5-8,12,14H2,1-2H3,(H,28,32);1-2,5-6H,(H,7,8)(H,9,10)/t22-;1-,2-/m01/s1. The van der Waals surface area contributed by atoms with Gasteiger partial charge in [-0.3, -0.25) is 4.79 Å². The van der Waals surface area contributed by atoms with Crippen molar-refractivity contribution in [3.63, 3.8) is 0 Å². The van der Waals surface area contributed by atoms with Crippen molar-refractivity contribution in [3.05, 3.63) is 57.9 Å². The van der Waals surface area contributed by atoms with Gasteiger partial charge in [0.05, 0.1) is 13.2 Å². The molecule has 2 aromatic rings. The lowest BCUT2D eigenvalue weighted by Crippen LogP contribution is -2.45. The average Bonchev–Trinajstić information content (AvgIpc) is 3.45. The Hall–Kier alpha value is -4.84. The van der Waals surface area contributed by atoms with Crippen LogP contribution in [0.15, 0.2) is 24.4 Å². The molecule has 1 saturated heterocycles. The predicted molar refractivity (Wildman–Crippen MR) is 150 cm³/mol. The molecule has 234 valence electrons.